The lowest BCUT2D eigenvalue weighted by molar-refractivity contribution is -0.134. The molecule has 0 unspecified atom stereocenters. The summed E-state index contributed by atoms with van der Waals surface area (Å²) in [4.78, 5) is 28.5. The average molecular weight is 399 g/mol. The Balaban J connectivity index is 1.52. The summed E-state index contributed by atoms with van der Waals surface area (Å²) >= 11 is 6.09. The number of ether oxygens (including phenoxy) is 1. The second-order valence-electron chi connectivity index (χ2n) is 6.72. The highest BCUT2D eigenvalue weighted by Gasteiger charge is 2.19. The van der Waals surface area contributed by atoms with Crippen LogP contribution in [0, 0.1) is 0 Å². The first-order chi connectivity index (χ1) is 13.5. The molecule has 2 aromatic carbocycles. The van der Waals surface area contributed by atoms with Gasteiger partial charge in [0.2, 0.25) is 0 Å². The fourth-order valence-electron chi connectivity index (χ4n) is 2.88. The second kappa shape index (κ2) is 9.53. The number of nitrogens with zero attached hydrogens (tertiary/aromatic N) is 2. The number of likely N-dealkylation sites (N-methyl/N-ethyl adjacent to an activating group) is 1. The molecule has 0 spiro atoms. The Hall–Kier alpha value is -2.63. The van der Waals surface area contributed by atoms with Gasteiger partial charge in [0.1, 0.15) is 5.75 Å². The van der Waals surface area contributed by atoms with Crippen LogP contribution in [-0.4, -0.2) is 61.3 Å². The van der Waals surface area contributed by atoms with Crippen LogP contribution in [-0.2, 0) is 4.79 Å². The molecule has 0 atom stereocenters. The Morgan fingerprint density at radius 2 is 1.71 bits per heavy atom. The number of benzene rings is 2. The Kier molecular flexibility index (Phi) is 6.85. The van der Waals surface area contributed by atoms with Crippen molar-refractivity contribution in [2.75, 3.05) is 39.8 Å². The van der Waals surface area contributed by atoms with Crippen molar-refractivity contribution in [3.8, 4) is 5.75 Å². The summed E-state index contributed by atoms with van der Waals surface area (Å²) in [5, 5.41) is 0.598. The number of amides is 1. The van der Waals surface area contributed by atoms with Crippen molar-refractivity contribution in [3.63, 3.8) is 0 Å². The van der Waals surface area contributed by atoms with E-state index < -0.39 is 0 Å². The number of hydrogen-bond acceptors (Lipinski definition) is 4. The number of carbonyl (C=O) groups excluding carboxylic acids is 2. The summed E-state index contributed by atoms with van der Waals surface area (Å²) in [7, 11) is 2.05. The van der Waals surface area contributed by atoms with Gasteiger partial charge < -0.3 is 14.5 Å². The standard InChI is InChI=1S/C22H23ClN2O3/c1-24-12-14-25(15-13-24)22(27)16-28-19-9-6-18(7-10-19)21(26)11-8-17-4-2-3-5-20(17)23/h2-11H,12-16H2,1H3. The molecule has 1 fully saturated rings. The number of piperazine rings is 1. The molecule has 5 nitrogen and oxygen atoms in total. The van der Waals surface area contributed by atoms with Crippen molar-refractivity contribution in [3.05, 3.63) is 70.8 Å². The van der Waals surface area contributed by atoms with Crippen LogP contribution in [0.15, 0.2) is 54.6 Å². The zero-order chi connectivity index (χ0) is 19.9. The summed E-state index contributed by atoms with van der Waals surface area (Å²) in [6, 6.07) is 14.1. The lowest BCUT2D eigenvalue weighted by atomic mass is 10.1. The second-order valence-corrected chi connectivity index (χ2v) is 7.12. The number of carbonyl (C=O) groups is 2. The van der Waals surface area contributed by atoms with Gasteiger partial charge in [-0.1, -0.05) is 29.8 Å². The summed E-state index contributed by atoms with van der Waals surface area (Å²) in [5.74, 6) is 0.421. The van der Waals surface area contributed by atoms with E-state index in [0.717, 1.165) is 31.7 Å². The van der Waals surface area contributed by atoms with E-state index in [9.17, 15) is 9.59 Å². The third-order valence-corrected chi connectivity index (χ3v) is 5.02. The maximum atomic E-state index is 12.3. The molecule has 1 aliphatic rings. The van der Waals surface area contributed by atoms with E-state index in [1.165, 1.54) is 6.08 Å². The highest BCUT2D eigenvalue weighted by atomic mass is 35.5. The van der Waals surface area contributed by atoms with Gasteiger partial charge in [-0.2, -0.15) is 0 Å². The van der Waals surface area contributed by atoms with E-state index in [0.29, 0.717) is 16.3 Å². The van der Waals surface area contributed by atoms with Gasteiger partial charge in [-0.15, -0.1) is 0 Å². The van der Waals surface area contributed by atoms with Crippen LogP contribution in [0.3, 0.4) is 0 Å². The maximum absolute atomic E-state index is 12.3. The molecule has 1 heterocycles. The Labute approximate surface area is 170 Å². The zero-order valence-corrected chi connectivity index (χ0v) is 16.6. The maximum Gasteiger partial charge on any atom is 0.260 e. The van der Waals surface area contributed by atoms with Crippen LogP contribution in [0.25, 0.3) is 6.08 Å². The van der Waals surface area contributed by atoms with Crippen molar-refractivity contribution >= 4 is 29.4 Å². The molecule has 1 aliphatic heterocycles. The number of hydrogen-bond donors (Lipinski definition) is 0. The van der Waals surface area contributed by atoms with E-state index in [-0.39, 0.29) is 18.3 Å². The quantitative estimate of drug-likeness (QED) is 0.553. The third-order valence-electron chi connectivity index (χ3n) is 4.68. The lowest BCUT2D eigenvalue weighted by Gasteiger charge is -2.32. The minimum atomic E-state index is -0.125. The van der Waals surface area contributed by atoms with Crippen molar-refractivity contribution in [1.29, 1.82) is 0 Å². The SMILES string of the molecule is CN1CCN(C(=O)COc2ccc(C(=O)C=Cc3ccccc3Cl)cc2)CC1. The fourth-order valence-corrected chi connectivity index (χ4v) is 3.08. The molecule has 1 amide bonds. The molecule has 3 rings (SSSR count). The number of rotatable bonds is 6. The van der Waals surface area contributed by atoms with Gasteiger partial charge in [-0.3, -0.25) is 9.59 Å². The summed E-state index contributed by atoms with van der Waals surface area (Å²) in [6.45, 7) is 3.21. The first-order valence-corrected chi connectivity index (χ1v) is 9.57. The van der Waals surface area contributed by atoms with Crippen LogP contribution >= 0.6 is 11.6 Å². The van der Waals surface area contributed by atoms with E-state index in [1.807, 2.05) is 30.1 Å². The van der Waals surface area contributed by atoms with Crippen molar-refractivity contribution < 1.29 is 14.3 Å². The number of allylic oxidation sites excluding steroid dienone is 1. The predicted molar refractivity (Wildman–Crippen MR) is 111 cm³/mol. The first-order valence-electron chi connectivity index (χ1n) is 9.19. The van der Waals surface area contributed by atoms with Crippen LogP contribution in [0.5, 0.6) is 5.75 Å². The van der Waals surface area contributed by atoms with Gasteiger partial charge in [0.25, 0.3) is 5.91 Å². The Bertz CT molecular complexity index is 856. The molecule has 28 heavy (non-hydrogen) atoms. The van der Waals surface area contributed by atoms with E-state index >= 15 is 0 Å². The van der Waals surface area contributed by atoms with Crippen molar-refractivity contribution in [2.45, 2.75) is 0 Å². The summed E-state index contributed by atoms with van der Waals surface area (Å²) < 4.78 is 5.58. The third kappa shape index (κ3) is 5.44. The van der Waals surface area contributed by atoms with Crippen LogP contribution in [0.4, 0.5) is 0 Å². The van der Waals surface area contributed by atoms with Crippen LogP contribution in [0.2, 0.25) is 5.02 Å². The number of halogens is 1. The first kappa shape index (κ1) is 20.1. The fraction of sp³-hybridized carbons (Fsp3) is 0.273. The largest absolute Gasteiger partial charge is 0.484 e. The molecule has 0 radical (unpaired) electrons. The number of ketones is 1. The van der Waals surface area contributed by atoms with E-state index in [2.05, 4.69) is 4.90 Å². The molecule has 0 bridgehead atoms. The topological polar surface area (TPSA) is 49.9 Å². The van der Waals surface area contributed by atoms with Crippen LogP contribution < -0.4 is 4.74 Å². The Morgan fingerprint density at radius 3 is 2.39 bits per heavy atom. The van der Waals surface area contributed by atoms with Gasteiger partial charge in [0, 0.05) is 36.8 Å². The van der Waals surface area contributed by atoms with Crippen molar-refractivity contribution in [1.82, 2.24) is 9.80 Å². The van der Waals surface area contributed by atoms with Crippen molar-refractivity contribution in [2.24, 2.45) is 0 Å². The zero-order valence-electron chi connectivity index (χ0n) is 15.8. The van der Waals surface area contributed by atoms with Gasteiger partial charge in [0.05, 0.1) is 0 Å². The van der Waals surface area contributed by atoms with Gasteiger partial charge in [0.15, 0.2) is 12.4 Å². The van der Waals surface area contributed by atoms with E-state index in [1.54, 1.807) is 36.4 Å². The smallest absolute Gasteiger partial charge is 0.260 e. The highest BCUT2D eigenvalue weighted by Crippen LogP contribution is 2.18. The Morgan fingerprint density at radius 1 is 1.04 bits per heavy atom. The molecular formula is C22H23ClN2O3. The summed E-state index contributed by atoms with van der Waals surface area (Å²) in [6.07, 6.45) is 3.19. The molecule has 0 aromatic heterocycles. The van der Waals surface area contributed by atoms with E-state index in [4.69, 9.17) is 16.3 Å². The molecule has 0 N–H and O–H groups in total. The minimum absolute atomic E-state index is 0.00339. The molecule has 146 valence electrons. The monoisotopic (exact) mass is 398 g/mol. The normalized spacial score (nSPS) is 15.0. The lowest BCUT2D eigenvalue weighted by Crippen LogP contribution is -2.48. The average Bonchev–Trinajstić information content (AvgIpc) is 2.72. The molecule has 2 aromatic rings. The minimum Gasteiger partial charge on any atom is -0.484 e. The van der Waals surface area contributed by atoms with Gasteiger partial charge >= 0.3 is 0 Å². The predicted octanol–water partition coefficient (Wildman–Crippen LogP) is 3.39. The molecular weight excluding hydrogens is 376 g/mol. The highest BCUT2D eigenvalue weighted by molar-refractivity contribution is 6.32. The molecule has 6 heteroatoms. The van der Waals surface area contributed by atoms with Gasteiger partial charge in [-0.25, -0.2) is 0 Å². The van der Waals surface area contributed by atoms with Crippen LogP contribution in [0.1, 0.15) is 15.9 Å². The summed E-state index contributed by atoms with van der Waals surface area (Å²) in [5.41, 5.74) is 1.33. The molecule has 0 aliphatic carbocycles. The molecule has 1 saturated heterocycles. The van der Waals surface area contributed by atoms with Gasteiger partial charge in [-0.05, 0) is 55.1 Å². The molecule has 0 saturated carbocycles.